The highest BCUT2D eigenvalue weighted by molar-refractivity contribution is 6.00. The number of nitrogens with one attached hydrogen (secondary N) is 3. The third kappa shape index (κ3) is 5.17. The highest BCUT2D eigenvalue weighted by atomic mass is 19.1. The molecule has 0 unspecified atom stereocenters. The van der Waals surface area contributed by atoms with Gasteiger partial charge in [-0.25, -0.2) is 9.37 Å². The first-order chi connectivity index (χ1) is 17.7. The lowest BCUT2D eigenvalue weighted by Gasteiger charge is -2.39. The summed E-state index contributed by atoms with van der Waals surface area (Å²) in [7, 11) is 0. The number of amides is 1. The minimum atomic E-state index is -0.316. The van der Waals surface area contributed by atoms with Gasteiger partial charge in [-0.15, -0.1) is 0 Å². The van der Waals surface area contributed by atoms with E-state index in [2.05, 4.69) is 36.0 Å². The quantitative estimate of drug-likeness (QED) is 0.330. The predicted molar refractivity (Wildman–Crippen MR) is 137 cm³/mol. The molecule has 0 aliphatic carbocycles. The summed E-state index contributed by atoms with van der Waals surface area (Å²) in [5, 5.41) is 18.7. The van der Waals surface area contributed by atoms with Gasteiger partial charge in [0.1, 0.15) is 5.82 Å². The van der Waals surface area contributed by atoms with Crippen molar-refractivity contribution in [3.8, 4) is 11.1 Å². The number of likely N-dealkylation sites (tertiary alicyclic amines) is 1. The van der Waals surface area contributed by atoms with Crippen LogP contribution in [-0.4, -0.2) is 55.3 Å². The molecule has 4 heterocycles. The number of aromatic amines is 1. The van der Waals surface area contributed by atoms with Crippen molar-refractivity contribution < 1.29 is 13.7 Å². The second-order valence-electron chi connectivity index (χ2n) is 10.3. The predicted octanol–water partition coefficient (Wildman–Crippen LogP) is 3.77. The Kier molecular flexibility index (Phi) is 6.63. The van der Waals surface area contributed by atoms with Crippen molar-refractivity contribution in [2.45, 2.75) is 58.7 Å². The Morgan fingerprint density at radius 3 is 2.76 bits per heavy atom. The summed E-state index contributed by atoms with van der Waals surface area (Å²) in [6.45, 7) is 9.84. The minimum absolute atomic E-state index is 0.110. The lowest BCUT2D eigenvalue weighted by Crippen LogP contribution is -2.56. The van der Waals surface area contributed by atoms with Crippen LogP contribution in [0.2, 0.25) is 0 Å². The molecule has 0 radical (unpaired) electrons. The van der Waals surface area contributed by atoms with E-state index in [-0.39, 0.29) is 23.2 Å². The third-order valence-electron chi connectivity index (χ3n) is 6.41. The fraction of sp³-hybridized carbons (Fsp3) is 0.423. The molecule has 3 aromatic heterocycles. The fourth-order valence-electron chi connectivity index (χ4n) is 4.28. The van der Waals surface area contributed by atoms with Crippen molar-refractivity contribution in [3.05, 3.63) is 53.6 Å². The number of benzene rings is 1. The number of carbonyl (C=O) groups excluding carboxylic acids is 1. The van der Waals surface area contributed by atoms with E-state index in [0.717, 1.165) is 16.5 Å². The Morgan fingerprint density at radius 2 is 2.05 bits per heavy atom. The lowest BCUT2D eigenvalue weighted by molar-refractivity contribution is -0.134. The largest absolute Gasteiger partial charge is 0.362 e. The molecule has 0 spiro atoms. The van der Waals surface area contributed by atoms with Crippen LogP contribution in [0.5, 0.6) is 0 Å². The number of hydrogen-bond acceptors (Lipinski definition) is 8. The molecule has 194 valence electrons. The standard InChI is InChI=1S/C26H31FN8O2/c1-5-21(36)35-13-17(14-35)30-24-22-18(8-9-29-23(22)32-33-24)15-6-7-16(19(27)10-15)11-28-12-20-31-25(37-34-20)26(2,3)4/h6-10,17,28H,5,11-14H2,1-4H3,(H2,29,30,32,33). The zero-order valence-electron chi connectivity index (χ0n) is 21.4. The van der Waals surface area contributed by atoms with E-state index in [1.165, 1.54) is 6.07 Å². The molecule has 1 aromatic carbocycles. The van der Waals surface area contributed by atoms with Crippen LogP contribution in [0, 0.1) is 5.82 Å². The van der Waals surface area contributed by atoms with Crippen molar-refractivity contribution in [1.29, 1.82) is 0 Å². The Hall–Kier alpha value is -3.86. The average Bonchev–Trinajstić information content (AvgIpc) is 3.49. The van der Waals surface area contributed by atoms with Gasteiger partial charge < -0.3 is 20.1 Å². The van der Waals surface area contributed by atoms with Crippen LogP contribution in [-0.2, 0) is 23.3 Å². The molecule has 1 aliphatic heterocycles. The molecule has 10 nitrogen and oxygen atoms in total. The summed E-state index contributed by atoms with van der Waals surface area (Å²) in [6, 6.07) is 7.15. The van der Waals surface area contributed by atoms with Gasteiger partial charge in [0.25, 0.3) is 0 Å². The third-order valence-corrected chi connectivity index (χ3v) is 6.41. The minimum Gasteiger partial charge on any atom is -0.362 e. The van der Waals surface area contributed by atoms with Gasteiger partial charge in [-0.3, -0.25) is 9.89 Å². The number of nitrogens with zero attached hydrogens (tertiary/aromatic N) is 5. The molecule has 37 heavy (non-hydrogen) atoms. The molecule has 1 saturated heterocycles. The summed E-state index contributed by atoms with van der Waals surface area (Å²) < 4.78 is 20.4. The van der Waals surface area contributed by atoms with Gasteiger partial charge in [0.2, 0.25) is 11.8 Å². The highest BCUT2D eigenvalue weighted by Crippen LogP contribution is 2.33. The van der Waals surface area contributed by atoms with E-state index in [1.807, 2.05) is 44.7 Å². The molecule has 4 aromatic rings. The van der Waals surface area contributed by atoms with E-state index in [4.69, 9.17) is 4.52 Å². The van der Waals surface area contributed by atoms with Crippen LogP contribution in [0.25, 0.3) is 22.2 Å². The summed E-state index contributed by atoms with van der Waals surface area (Å²) in [5.41, 5.74) is 2.47. The van der Waals surface area contributed by atoms with Crippen molar-refractivity contribution in [2.75, 3.05) is 18.4 Å². The molecule has 0 saturated carbocycles. The molecule has 1 fully saturated rings. The van der Waals surface area contributed by atoms with E-state index in [0.29, 0.717) is 61.3 Å². The van der Waals surface area contributed by atoms with Crippen molar-refractivity contribution >= 4 is 22.8 Å². The molecular weight excluding hydrogens is 475 g/mol. The van der Waals surface area contributed by atoms with Crippen LogP contribution in [0.15, 0.2) is 35.0 Å². The van der Waals surface area contributed by atoms with Crippen molar-refractivity contribution in [1.82, 2.24) is 35.5 Å². The van der Waals surface area contributed by atoms with Crippen molar-refractivity contribution in [2.24, 2.45) is 0 Å². The van der Waals surface area contributed by atoms with E-state index in [1.54, 1.807) is 12.3 Å². The number of H-pyrrole nitrogens is 1. The summed E-state index contributed by atoms with van der Waals surface area (Å²) >= 11 is 0. The number of fused-ring (bicyclic) bond motifs is 1. The van der Waals surface area contributed by atoms with Gasteiger partial charge in [0.05, 0.1) is 18.0 Å². The smallest absolute Gasteiger partial charge is 0.232 e. The van der Waals surface area contributed by atoms with Crippen LogP contribution < -0.4 is 10.6 Å². The second-order valence-corrected chi connectivity index (χ2v) is 10.3. The number of halogens is 1. The van der Waals surface area contributed by atoms with Crippen LogP contribution >= 0.6 is 0 Å². The SMILES string of the molecule is CCC(=O)N1CC(Nc2n[nH]c3nccc(-c4ccc(CNCc5noc(C(C)(C)C)n5)c(F)c4)c23)C1. The number of carbonyl (C=O) groups is 1. The molecule has 5 rings (SSSR count). The maximum atomic E-state index is 15.1. The average molecular weight is 507 g/mol. The lowest BCUT2D eigenvalue weighted by atomic mass is 9.97. The Balaban J connectivity index is 1.28. The maximum Gasteiger partial charge on any atom is 0.232 e. The highest BCUT2D eigenvalue weighted by Gasteiger charge is 2.30. The first-order valence-corrected chi connectivity index (χ1v) is 12.4. The number of pyridine rings is 1. The fourth-order valence-corrected chi connectivity index (χ4v) is 4.28. The topological polar surface area (TPSA) is 125 Å². The van der Waals surface area contributed by atoms with Gasteiger partial charge >= 0.3 is 0 Å². The first kappa shape index (κ1) is 24.8. The van der Waals surface area contributed by atoms with Gasteiger partial charge in [-0.2, -0.15) is 10.1 Å². The first-order valence-electron chi connectivity index (χ1n) is 12.4. The Bertz CT molecular complexity index is 1420. The van der Waals surface area contributed by atoms with Crippen molar-refractivity contribution in [3.63, 3.8) is 0 Å². The van der Waals surface area contributed by atoms with Gasteiger partial charge in [-0.1, -0.05) is 45.0 Å². The molecule has 0 atom stereocenters. The number of rotatable bonds is 8. The van der Waals surface area contributed by atoms with E-state index in [9.17, 15) is 4.79 Å². The van der Waals surface area contributed by atoms with Gasteiger partial charge in [-0.05, 0) is 23.3 Å². The number of anilines is 1. The number of aromatic nitrogens is 5. The molecule has 11 heteroatoms. The summed E-state index contributed by atoms with van der Waals surface area (Å²) in [5.74, 6) is 1.58. The maximum absolute atomic E-state index is 15.1. The zero-order valence-corrected chi connectivity index (χ0v) is 21.4. The van der Waals surface area contributed by atoms with E-state index < -0.39 is 0 Å². The Morgan fingerprint density at radius 1 is 1.24 bits per heavy atom. The van der Waals surface area contributed by atoms with Gasteiger partial charge in [0.15, 0.2) is 17.3 Å². The monoisotopic (exact) mass is 506 g/mol. The van der Waals surface area contributed by atoms with Gasteiger partial charge in [0, 0.05) is 43.2 Å². The Labute approximate surface area is 214 Å². The normalized spacial score (nSPS) is 14.2. The summed E-state index contributed by atoms with van der Waals surface area (Å²) in [4.78, 5) is 22.4. The molecule has 0 bridgehead atoms. The van der Waals surface area contributed by atoms with Crippen LogP contribution in [0.1, 0.15) is 51.4 Å². The summed E-state index contributed by atoms with van der Waals surface area (Å²) in [6.07, 6.45) is 2.17. The molecular formula is C26H31FN8O2. The molecule has 1 amide bonds. The van der Waals surface area contributed by atoms with Crippen LogP contribution in [0.4, 0.5) is 10.2 Å². The zero-order chi connectivity index (χ0) is 26.2. The number of hydrogen-bond donors (Lipinski definition) is 3. The second kappa shape index (κ2) is 9.89. The van der Waals surface area contributed by atoms with E-state index >= 15 is 4.39 Å². The van der Waals surface area contributed by atoms with Crippen LogP contribution in [0.3, 0.4) is 0 Å². The molecule has 1 aliphatic rings. The molecule has 3 N–H and O–H groups in total.